The Hall–Kier alpha value is -1.85. The second-order valence-electron chi connectivity index (χ2n) is 6.92. The summed E-state index contributed by atoms with van der Waals surface area (Å²) in [7, 11) is 0. The first kappa shape index (κ1) is 17.6. The number of aryl methyl sites for hydroxylation is 1. The number of ether oxygens (including phenoxy) is 1. The molecule has 0 bridgehead atoms. The molecule has 10 nitrogen and oxygen atoms in total. The maximum Gasteiger partial charge on any atom is 0.167 e. The van der Waals surface area contributed by atoms with Gasteiger partial charge in [-0.15, -0.1) is 0 Å². The van der Waals surface area contributed by atoms with Crippen LogP contribution in [0.4, 0.5) is 5.82 Å². The lowest BCUT2D eigenvalue weighted by molar-refractivity contribution is -0.0511. The molecule has 142 valence electrons. The average Bonchev–Trinajstić information content (AvgIpc) is 3.28. The molecule has 0 amide bonds. The number of hydrogen-bond donors (Lipinski definition) is 5. The summed E-state index contributed by atoms with van der Waals surface area (Å²) >= 11 is 0. The Morgan fingerprint density at radius 1 is 1.23 bits per heavy atom. The monoisotopic (exact) mass is 365 g/mol. The molecule has 2 aliphatic rings. The van der Waals surface area contributed by atoms with Crippen molar-refractivity contribution in [3.63, 3.8) is 0 Å². The fourth-order valence-electron chi connectivity index (χ4n) is 3.71. The van der Waals surface area contributed by atoms with Crippen molar-refractivity contribution in [2.45, 2.75) is 62.9 Å². The third-order valence-electron chi connectivity index (χ3n) is 5.13. The number of rotatable bonds is 4. The van der Waals surface area contributed by atoms with Gasteiger partial charge >= 0.3 is 0 Å². The number of aromatic nitrogens is 4. The van der Waals surface area contributed by atoms with Crippen LogP contribution in [0.2, 0.25) is 0 Å². The highest BCUT2D eigenvalue weighted by molar-refractivity contribution is 5.83. The zero-order valence-corrected chi connectivity index (χ0v) is 14.4. The third-order valence-corrected chi connectivity index (χ3v) is 5.13. The van der Waals surface area contributed by atoms with Gasteiger partial charge in [0, 0.05) is 0 Å². The lowest BCUT2D eigenvalue weighted by Crippen LogP contribution is -2.33. The zero-order chi connectivity index (χ0) is 18.4. The first-order valence-electron chi connectivity index (χ1n) is 8.78. The summed E-state index contributed by atoms with van der Waals surface area (Å²) < 4.78 is 7.10. The Bertz CT molecular complexity index is 799. The van der Waals surface area contributed by atoms with Crippen molar-refractivity contribution in [1.29, 1.82) is 0 Å². The smallest absolute Gasteiger partial charge is 0.167 e. The molecule has 26 heavy (non-hydrogen) atoms. The van der Waals surface area contributed by atoms with Gasteiger partial charge in [0.05, 0.1) is 25.1 Å². The van der Waals surface area contributed by atoms with E-state index in [9.17, 15) is 20.4 Å². The standard InChI is InChI=1S/C16H23N5O5/c1-7-18-14(20-8-3-2-4-9(8)23)11-15(19-7)21(6-17-11)16-13(25)12(24)10(5-22)26-16/h6,8-10,12-13,16,22-25H,2-5H2,1H3,(H,18,19,20)/t8-,9-,10+,12+,13+,16+/m0/s1. The highest BCUT2D eigenvalue weighted by Crippen LogP contribution is 2.33. The van der Waals surface area contributed by atoms with Crippen molar-refractivity contribution in [2.24, 2.45) is 0 Å². The summed E-state index contributed by atoms with van der Waals surface area (Å²) in [4.78, 5) is 13.1. The quantitative estimate of drug-likeness (QED) is 0.464. The second-order valence-corrected chi connectivity index (χ2v) is 6.92. The van der Waals surface area contributed by atoms with E-state index in [0.29, 0.717) is 22.8 Å². The molecule has 4 rings (SSSR count). The SMILES string of the molecule is Cc1nc(N[C@H]2CCC[C@@H]2O)c2ncn([C@@H]3O[C@H](CO)[C@@H](O)[C@H]3O)c2n1. The molecule has 5 N–H and O–H groups in total. The molecule has 2 aromatic rings. The highest BCUT2D eigenvalue weighted by Gasteiger charge is 2.44. The van der Waals surface area contributed by atoms with Gasteiger partial charge in [0.25, 0.3) is 0 Å². The summed E-state index contributed by atoms with van der Waals surface area (Å²) in [6.45, 7) is 1.34. The van der Waals surface area contributed by atoms with E-state index in [2.05, 4.69) is 20.3 Å². The largest absolute Gasteiger partial charge is 0.394 e. The molecule has 1 saturated carbocycles. The van der Waals surface area contributed by atoms with Crippen LogP contribution in [0.1, 0.15) is 31.3 Å². The summed E-state index contributed by atoms with van der Waals surface area (Å²) in [6.07, 6.45) is -0.609. The zero-order valence-electron chi connectivity index (χ0n) is 14.4. The van der Waals surface area contributed by atoms with E-state index in [1.807, 2.05) is 0 Å². The Labute approximate surface area is 149 Å². The van der Waals surface area contributed by atoms with Crippen molar-refractivity contribution in [1.82, 2.24) is 19.5 Å². The first-order valence-corrected chi connectivity index (χ1v) is 8.78. The number of fused-ring (bicyclic) bond motifs is 1. The predicted molar refractivity (Wildman–Crippen MR) is 90.3 cm³/mol. The van der Waals surface area contributed by atoms with Gasteiger partial charge in [-0.1, -0.05) is 0 Å². The van der Waals surface area contributed by atoms with Gasteiger partial charge in [-0.2, -0.15) is 0 Å². The lowest BCUT2D eigenvalue weighted by atomic mass is 10.1. The Morgan fingerprint density at radius 3 is 2.69 bits per heavy atom. The van der Waals surface area contributed by atoms with Crippen molar-refractivity contribution >= 4 is 17.0 Å². The van der Waals surface area contributed by atoms with Crippen molar-refractivity contribution in [3.8, 4) is 0 Å². The summed E-state index contributed by atoms with van der Waals surface area (Å²) in [5.41, 5.74) is 0.940. The summed E-state index contributed by atoms with van der Waals surface area (Å²) in [6, 6.07) is -0.0911. The number of nitrogens with zero attached hydrogens (tertiary/aromatic N) is 4. The Morgan fingerprint density at radius 2 is 2.04 bits per heavy atom. The molecule has 6 atom stereocenters. The predicted octanol–water partition coefficient (Wildman–Crippen LogP) is -0.928. The van der Waals surface area contributed by atoms with Crippen molar-refractivity contribution in [3.05, 3.63) is 12.2 Å². The fraction of sp³-hybridized carbons (Fsp3) is 0.688. The molecule has 1 saturated heterocycles. The molecule has 3 heterocycles. The minimum atomic E-state index is -1.21. The topological polar surface area (TPSA) is 146 Å². The first-order chi connectivity index (χ1) is 12.5. The highest BCUT2D eigenvalue weighted by atomic mass is 16.6. The second kappa shape index (κ2) is 6.71. The molecule has 2 aromatic heterocycles. The van der Waals surface area contributed by atoms with Gasteiger partial charge < -0.3 is 30.5 Å². The Kier molecular flexibility index (Phi) is 4.53. The maximum atomic E-state index is 10.3. The van der Waals surface area contributed by atoms with Gasteiger partial charge in [-0.3, -0.25) is 4.57 Å². The fourth-order valence-corrected chi connectivity index (χ4v) is 3.71. The molecule has 2 fully saturated rings. The number of aliphatic hydroxyl groups excluding tert-OH is 4. The van der Waals surface area contributed by atoms with Gasteiger partial charge in [0.15, 0.2) is 23.2 Å². The number of nitrogens with one attached hydrogen (secondary N) is 1. The van der Waals surface area contributed by atoms with Crippen LogP contribution in [-0.2, 0) is 4.74 Å². The van der Waals surface area contributed by atoms with Crippen LogP contribution in [0.3, 0.4) is 0 Å². The van der Waals surface area contributed by atoms with E-state index < -0.39 is 37.3 Å². The summed E-state index contributed by atoms with van der Waals surface area (Å²) in [5.74, 6) is 1.02. The minimum Gasteiger partial charge on any atom is -0.394 e. The summed E-state index contributed by atoms with van der Waals surface area (Å²) in [5, 5.41) is 42.8. The van der Waals surface area contributed by atoms with E-state index >= 15 is 0 Å². The van der Waals surface area contributed by atoms with Crippen molar-refractivity contribution < 1.29 is 25.2 Å². The van der Waals surface area contributed by atoms with Crippen LogP contribution in [0.25, 0.3) is 11.2 Å². The lowest BCUT2D eigenvalue weighted by Gasteiger charge is -2.19. The van der Waals surface area contributed by atoms with Crippen LogP contribution in [-0.4, -0.2) is 77.0 Å². The van der Waals surface area contributed by atoms with Crippen molar-refractivity contribution in [2.75, 3.05) is 11.9 Å². The molecule has 10 heteroatoms. The van der Waals surface area contributed by atoms with E-state index in [0.717, 1.165) is 19.3 Å². The van der Waals surface area contributed by atoms with Gasteiger partial charge in [0.2, 0.25) is 0 Å². The Balaban J connectivity index is 1.70. The maximum absolute atomic E-state index is 10.3. The van der Waals surface area contributed by atoms with Gasteiger partial charge in [-0.05, 0) is 26.2 Å². The number of anilines is 1. The number of imidazole rings is 1. The van der Waals surface area contributed by atoms with Crippen LogP contribution in [0, 0.1) is 6.92 Å². The van der Waals surface area contributed by atoms with E-state index in [1.54, 1.807) is 6.92 Å². The normalized spacial score (nSPS) is 34.7. The van der Waals surface area contributed by atoms with Gasteiger partial charge in [-0.25, -0.2) is 15.0 Å². The van der Waals surface area contributed by atoms with E-state index in [1.165, 1.54) is 10.9 Å². The molecule has 0 unspecified atom stereocenters. The van der Waals surface area contributed by atoms with Crippen LogP contribution >= 0.6 is 0 Å². The van der Waals surface area contributed by atoms with E-state index in [-0.39, 0.29) is 6.04 Å². The molecule has 0 radical (unpaired) electrons. The van der Waals surface area contributed by atoms with Crippen LogP contribution < -0.4 is 5.32 Å². The molecule has 0 spiro atoms. The number of hydrogen-bond acceptors (Lipinski definition) is 9. The molecular weight excluding hydrogens is 342 g/mol. The minimum absolute atomic E-state index is 0.0911. The van der Waals surface area contributed by atoms with Crippen LogP contribution in [0.5, 0.6) is 0 Å². The number of aliphatic hydroxyl groups is 4. The van der Waals surface area contributed by atoms with Gasteiger partial charge in [0.1, 0.15) is 24.1 Å². The van der Waals surface area contributed by atoms with Crippen LogP contribution in [0.15, 0.2) is 6.33 Å². The molecular formula is C16H23N5O5. The molecule has 1 aliphatic heterocycles. The third kappa shape index (κ3) is 2.83. The molecule has 1 aliphatic carbocycles. The average molecular weight is 365 g/mol. The van der Waals surface area contributed by atoms with E-state index in [4.69, 9.17) is 4.74 Å². The molecule has 0 aromatic carbocycles.